The highest BCUT2D eigenvalue weighted by molar-refractivity contribution is 14.1. The molecule has 0 saturated carbocycles. The van der Waals surface area contributed by atoms with E-state index in [0.29, 0.717) is 0 Å². The van der Waals surface area contributed by atoms with Crippen LogP contribution in [0.4, 0.5) is 0 Å². The summed E-state index contributed by atoms with van der Waals surface area (Å²) in [4.78, 5) is 11.8. The first kappa shape index (κ1) is 13.5. The first-order valence-corrected chi connectivity index (χ1v) is 6.51. The molecule has 1 N–H and O–H groups in total. The summed E-state index contributed by atoms with van der Waals surface area (Å²) in [5, 5.41) is 2.95. The number of hydrogen-bond donors (Lipinski definition) is 1. The zero-order valence-electron chi connectivity index (χ0n) is 10.0. The molecule has 0 saturated heterocycles. The predicted molar refractivity (Wildman–Crippen MR) is 75.6 cm³/mol. The highest BCUT2D eigenvalue weighted by Gasteiger charge is 2.12. The SMILES string of the molecule is CC(C)(C)CCNC(=O)c1ccccc1I. The summed E-state index contributed by atoms with van der Waals surface area (Å²) in [6, 6.07) is 7.63. The van der Waals surface area contributed by atoms with Gasteiger partial charge in [-0.1, -0.05) is 32.9 Å². The Morgan fingerprint density at radius 1 is 1.31 bits per heavy atom. The highest BCUT2D eigenvalue weighted by Crippen LogP contribution is 2.17. The van der Waals surface area contributed by atoms with Crippen LogP contribution in [0.15, 0.2) is 24.3 Å². The Balaban J connectivity index is 2.51. The van der Waals surface area contributed by atoms with Crippen LogP contribution in [0.25, 0.3) is 0 Å². The van der Waals surface area contributed by atoms with E-state index in [1.807, 2.05) is 24.3 Å². The molecule has 0 radical (unpaired) electrons. The number of benzene rings is 1. The van der Waals surface area contributed by atoms with Crippen LogP contribution in [0.3, 0.4) is 0 Å². The van der Waals surface area contributed by atoms with Crippen LogP contribution in [0.5, 0.6) is 0 Å². The molecule has 1 aromatic rings. The van der Waals surface area contributed by atoms with Crippen molar-refractivity contribution in [1.82, 2.24) is 5.32 Å². The van der Waals surface area contributed by atoms with E-state index in [-0.39, 0.29) is 11.3 Å². The molecule has 0 fully saturated rings. The first-order chi connectivity index (χ1) is 7.40. The monoisotopic (exact) mass is 331 g/mol. The van der Waals surface area contributed by atoms with Gasteiger partial charge in [-0.2, -0.15) is 0 Å². The number of amides is 1. The number of rotatable bonds is 3. The fraction of sp³-hybridized carbons (Fsp3) is 0.462. The van der Waals surface area contributed by atoms with Gasteiger partial charge in [0.05, 0.1) is 5.56 Å². The Labute approximate surface area is 111 Å². The molecule has 0 atom stereocenters. The van der Waals surface area contributed by atoms with Gasteiger partial charge in [-0.05, 0) is 46.6 Å². The van der Waals surface area contributed by atoms with Crippen molar-refractivity contribution in [2.75, 3.05) is 6.54 Å². The number of carbonyl (C=O) groups excluding carboxylic acids is 1. The van der Waals surface area contributed by atoms with Crippen LogP contribution in [0.2, 0.25) is 0 Å². The van der Waals surface area contributed by atoms with E-state index in [1.54, 1.807) is 0 Å². The minimum atomic E-state index is 0.0225. The minimum absolute atomic E-state index is 0.0225. The molecule has 16 heavy (non-hydrogen) atoms. The van der Waals surface area contributed by atoms with Crippen molar-refractivity contribution in [2.24, 2.45) is 5.41 Å². The molecule has 3 heteroatoms. The summed E-state index contributed by atoms with van der Waals surface area (Å²) in [6.45, 7) is 7.25. The molecule has 2 nitrogen and oxygen atoms in total. The fourth-order valence-corrected chi connectivity index (χ4v) is 1.92. The highest BCUT2D eigenvalue weighted by atomic mass is 127. The van der Waals surface area contributed by atoms with Gasteiger partial charge in [0, 0.05) is 10.1 Å². The lowest BCUT2D eigenvalue weighted by Crippen LogP contribution is -2.27. The van der Waals surface area contributed by atoms with Gasteiger partial charge in [0.25, 0.3) is 5.91 Å². The van der Waals surface area contributed by atoms with E-state index in [2.05, 4.69) is 48.7 Å². The van der Waals surface area contributed by atoms with Gasteiger partial charge >= 0.3 is 0 Å². The summed E-state index contributed by atoms with van der Waals surface area (Å²) in [5.74, 6) is 0.0225. The molecule has 88 valence electrons. The van der Waals surface area contributed by atoms with Gasteiger partial charge in [0.2, 0.25) is 0 Å². The summed E-state index contributed by atoms with van der Waals surface area (Å²) >= 11 is 2.18. The smallest absolute Gasteiger partial charge is 0.252 e. The molecule has 0 bridgehead atoms. The quantitative estimate of drug-likeness (QED) is 0.845. The summed E-state index contributed by atoms with van der Waals surface area (Å²) in [6.07, 6.45) is 0.988. The normalized spacial score (nSPS) is 11.2. The second-order valence-electron chi connectivity index (χ2n) is 5.05. The topological polar surface area (TPSA) is 29.1 Å². The Morgan fingerprint density at radius 3 is 2.50 bits per heavy atom. The zero-order valence-corrected chi connectivity index (χ0v) is 12.2. The van der Waals surface area contributed by atoms with Gasteiger partial charge in [0.15, 0.2) is 0 Å². The molecular weight excluding hydrogens is 313 g/mol. The van der Waals surface area contributed by atoms with Gasteiger partial charge in [-0.3, -0.25) is 4.79 Å². The van der Waals surface area contributed by atoms with Gasteiger partial charge in [-0.25, -0.2) is 0 Å². The Morgan fingerprint density at radius 2 is 1.94 bits per heavy atom. The molecule has 0 spiro atoms. The van der Waals surface area contributed by atoms with E-state index in [4.69, 9.17) is 0 Å². The molecule has 0 unspecified atom stereocenters. The lowest BCUT2D eigenvalue weighted by molar-refractivity contribution is 0.0948. The maximum Gasteiger partial charge on any atom is 0.252 e. The van der Waals surface area contributed by atoms with Crippen molar-refractivity contribution in [1.29, 1.82) is 0 Å². The molecule has 1 rings (SSSR count). The summed E-state index contributed by atoms with van der Waals surface area (Å²) < 4.78 is 0.994. The van der Waals surface area contributed by atoms with Crippen molar-refractivity contribution in [3.63, 3.8) is 0 Å². The fourth-order valence-electron chi connectivity index (χ4n) is 1.29. The molecular formula is C13H18INO. The second kappa shape index (κ2) is 5.66. The predicted octanol–water partition coefficient (Wildman–Crippen LogP) is 3.46. The van der Waals surface area contributed by atoms with Crippen LogP contribution in [0.1, 0.15) is 37.6 Å². The molecule has 0 heterocycles. The number of carbonyl (C=O) groups is 1. The average Bonchev–Trinajstić information content (AvgIpc) is 2.16. The number of nitrogens with one attached hydrogen (secondary N) is 1. The molecule has 1 amide bonds. The summed E-state index contributed by atoms with van der Waals surface area (Å²) in [5.41, 5.74) is 1.02. The third-order valence-electron chi connectivity index (χ3n) is 2.28. The zero-order chi connectivity index (χ0) is 12.2. The first-order valence-electron chi connectivity index (χ1n) is 5.43. The van der Waals surface area contributed by atoms with E-state index < -0.39 is 0 Å². The van der Waals surface area contributed by atoms with Crippen molar-refractivity contribution in [2.45, 2.75) is 27.2 Å². The minimum Gasteiger partial charge on any atom is -0.352 e. The van der Waals surface area contributed by atoms with Crippen molar-refractivity contribution in [3.05, 3.63) is 33.4 Å². The number of hydrogen-bond acceptors (Lipinski definition) is 1. The lowest BCUT2D eigenvalue weighted by atomic mass is 9.92. The third kappa shape index (κ3) is 4.51. The maximum atomic E-state index is 11.8. The molecule has 1 aromatic carbocycles. The number of halogens is 1. The summed E-state index contributed by atoms with van der Waals surface area (Å²) in [7, 11) is 0. The van der Waals surface area contributed by atoms with E-state index in [9.17, 15) is 4.79 Å². The molecule has 0 aliphatic heterocycles. The van der Waals surface area contributed by atoms with Crippen molar-refractivity contribution in [3.8, 4) is 0 Å². The van der Waals surface area contributed by atoms with Gasteiger partial charge in [0.1, 0.15) is 0 Å². The van der Waals surface area contributed by atoms with Gasteiger partial charge in [-0.15, -0.1) is 0 Å². The Hall–Kier alpha value is -0.580. The second-order valence-corrected chi connectivity index (χ2v) is 6.21. The van der Waals surface area contributed by atoms with E-state index in [0.717, 1.165) is 22.1 Å². The lowest BCUT2D eigenvalue weighted by Gasteiger charge is -2.18. The van der Waals surface area contributed by atoms with Crippen LogP contribution in [0, 0.1) is 8.99 Å². The maximum absolute atomic E-state index is 11.8. The van der Waals surface area contributed by atoms with Crippen LogP contribution >= 0.6 is 22.6 Å². The molecule has 0 aliphatic carbocycles. The van der Waals surface area contributed by atoms with Crippen molar-refractivity contribution < 1.29 is 4.79 Å². The average molecular weight is 331 g/mol. The van der Waals surface area contributed by atoms with Gasteiger partial charge < -0.3 is 5.32 Å². The Kier molecular flexibility index (Phi) is 4.77. The van der Waals surface area contributed by atoms with Crippen LogP contribution in [-0.2, 0) is 0 Å². The van der Waals surface area contributed by atoms with E-state index >= 15 is 0 Å². The van der Waals surface area contributed by atoms with Crippen LogP contribution < -0.4 is 5.32 Å². The van der Waals surface area contributed by atoms with E-state index in [1.165, 1.54) is 0 Å². The largest absolute Gasteiger partial charge is 0.352 e. The molecule has 0 aliphatic rings. The standard InChI is InChI=1S/C13H18INO/c1-13(2,3)8-9-15-12(16)10-6-4-5-7-11(10)14/h4-7H,8-9H2,1-3H3,(H,15,16). The van der Waals surface area contributed by atoms with Crippen LogP contribution in [-0.4, -0.2) is 12.5 Å². The Bertz CT molecular complexity index is 368. The van der Waals surface area contributed by atoms with Crippen molar-refractivity contribution >= 4 is 28.5 Å². The third-order valence-corrected chi connectivity index (χ3v) is 3.22. The molecule has 0 aromatic heterocycles.